The fourth-order valence-corrected chi connectivity index (χ4v) is 4.16. The largest absolute Gasteiger partial charge is 0.478 e. The summed E-state index contributed by atoms with van der Waals surface area (Å²) in [6, 6.07) is 0. The summed E-state index contributed by atoms with van der Waals surface area (Å²) in [7, 11) is 0. The number of allylic oxidation sites excluding steroid dienone is 2. The summed E-state index contributed by atoms with van der Waals surface area (Å²) in [5.74, 6) is -1.07. The van der Waals surface area contributed by atoms with Crippen molar-refractivity contribution in [3.8, 4) is 0 Å². The van der Waals surface area contributed by atoms with E-state index >= 15 is 0 Å². The SMILES string of the molecule is C=C(N=C/C(=C(/C)N)c1csc(NC(=O)c2cncnc2)c1C(=O)O)N1CCCCC1. The number of nitrogens with two attached hydrogens (primary N) is 1. The Labute approximate surface area is 184 Å². The molecule has 0 saturated carbocycles. The maximum absolute atomic E-state index is 12.4. The van der Waals surface area contributed by atoms with E-state index in [0.29, 0.717) is 22.7 Å². The van der Waals surface area contributed by atoms with Crippen LogP contribution in [0.3, 0.4) is 0 Å². The number of amides is 1. The molecule has 0 bridgehead atoms. The number of hydrogen-bond acceptors (Lipinski definition) is 8. The molecule has 0 aliphatic carbocycles. The van der Waals surface area contributed by atoms with Crippen molar-refractivity contribution in [2.75, 3.05) is 18.4 Å². The summed E-state index contributed by atoms with van der Waals surface area (Å²) < 4.78 is 0. The second-order valence-corrected chi connectivity index (χ2v) is 7.94. The Morgan fingerprint density at radius 2 is 1.97 bits per heavy atom. The number of thiophene rings is 1. The van der Waals surface area contributed by atoms with Gasteiger partial charge in [-0.3, -0.25) is 4.79 Å². The average Bonchev–Trinajstić information content (AvgIpc) is 3.18. The lowest BCUT2D eigenvalue weighted by molar-refractivity contribution is 0.0698. The molecule has 1 amide bonds. The summed E-state index contributed by atoms with van der Waals surface area (Å²) in [6.45, 7) is 7.49. The average molecular weight is 441 g/mol. The lowest BCUT2D eigenvalue weighted by Gasteiger charge is -2.28. The molecule has 4 N–H and O–H groups in total. The van der Waals surface area contributed by atoms with Gasteiger partial charge in [0, 0.05) is 53.9 Å². The maximum Gasteiger partial charge on any atom is 0.339 e. The van der Waals surface area contributed by atoms with E-state index in [0.717, 1.165) is 37.3 Å². The topological polar surface area (TPSA) is 134 Å². The van der Waals surface area contributed by atoms with Crippen LogP contribution >= 0.6 is 11.3 Å². The van der Waals surface area contributed by atoms with Gasteiger partial charge in [0.2, 0.25) is 0 Å². The van der Waals surface area contributed by atoms with Gasteiger partial charge in [0.1, 0.15) is 22.7 Å². The van der Waals surface area contributed by atoms with Crippen LogP contribution in [0.15, 0.2) is 47.2 Å². The quantitative estimate of drug-likeness (QED) is 0.563. The fraction of sp³-hybridized carbons (Fsp3) is 0.286. The molecule has 2 aromatic rings. The van der Waals surface area contributed by atoms with E-state index in [4.69, 9.17) is 5.73 Å². The van der Waals surface area contributed by atoms with Crippen LogP contribution in [-0.4, -0.2) is 51.2 Å². The predicted octanol–water partition coefficient (Wildman–Crippen LogP) is 3.21. The van der Waals surface area contributed by atoms with Crippen LogP contribution in [0.2, 0.25) is 0 Å². The number of piperidine rings is 1. The maximum atomic E-state index is 12.4. The number of aromatic carboxylic acids is 1. The van der Waals surface area contributed by atoms with Gasteiger partial charge in [-0.1, -0.05) is 6.58 Å². The summed E-state index contributed by atoms with van der Waals surface area (Å²) in [6.07, 6.45) is 8.93. The fourth-order valence-electron chi connectivity index (χ4n) is 3.21. The Hall–Kier alpha value is -3.53. The number of anilines is 1. The number of carbonyl (C=O) groups is 2. The lowest BCUT2D eigenvalue weighted by atomic mass is 10.0. The molecule has 9 nitrogen and oxygen atoms in total. The number of carbonyl (C=O) groups excluding carboxylic acids is 1. The molecule has 1 aliphatic heterocycles. The van der Waals surface area contributed by atoms with E-state index in [-0.39, 0.29) is 16.1 Å². The number of carboxylic acids is 1. The first kappa shape index (κ1) is 22.2. The first-order chi connectivity index (χ1) is 14.9. The highest BCUT2D eigenvalue weighted by Crippen LogP contribution is 2.33. The van der Waals surface area contributed by atoms with E-state index in [1.165, 1.54) is 31.4 Å². The normalized spacial score (nSPS) is 14.9. The van der Waals surface area contributed by atoms with Gasteiger partial charge in [0.15, 0.2) is 0 Å². The van der Waals surface area contributed by atoms with Gasteiger partial charge in [0.05, 0.1) is 5.56 Å². The van der Waals surface area contributed by atoms with Gasteiger partial charge < -0.3 is 21.1 Å². The van der Waals surface area contributed by atoms with Crippen molar-refractivity contribution < 1.29 is 14.7 Å². The molecule has 0 spiro atoms. The number of nitrogens with zero attached hydrogens (tertiary/aromatic N) is 4. The molecule has 1 saturated heterocycles. The van der Waals surface area contributed by atoms with Crippen LogP contribution in [0.25, 0.3) is 5.57 Å². The summed E-state index contributed by atoms with van der Waals surface area (Å²) in [4.78, 5) is 38.6. The highest BCUT2D eigenvalue weighted by Gasteiger charge is 2.23. The monoisotopic (exact) mass is 440 g/mol. The first-order valence-electron chi connectivity index (χ1n) is 9.74. The van der Waals surface area contributed by atoms with Gasteiger partial charge in [-0.25, -0.2) is 19.8 Å². The van der Waals surface area contributed by atoms with Crippen molar-refractivity contribution in [1.29, 1.82) is 0 Å². The second kappa shape index (κ2) is 9.98. The molecule has 2 aromatic heterocycles. The van der Waals surface area contributed by atoms with E-state index in [9.17, 15) is 14.7 Å². The first-order valence-corrected chi connectivity index (χ1v) is 10.6. The highest BCUT2D eigenvalue weighted by molar-refractivity contribution is 7.15. The van der Waals surface area contributed by atoms with Crippen molar-refractivity contribution in [3.63, 3.8) is 0 Å². The minimum Gasteiger partial charge on any atom is -0.478 e. The van der Waals surface area contributed by atoms with Crippen molar-refractivity contribution in [2.45, 2.75) is 26.2 Å². The molecule has 3 rings (SSSR count). The Balaban J connectivity index is 1.88. The molecule has 1 aliphatic rings. The number of hydrogen-bond donors (Lipinski definition) is 3. The molecule has 1 fully saturated rings. The van der Waals surface area contributed by atoms with E-state index in [1.54, 1.807) is 12.3 Å². The van der Waals surface area contributed by atoms with Crippen molar-refractivity contribution in [2.24, 2.45) is 10.7 Å². The standard InChI is InChI=1S/C21H24N6O3S/c1-13(22)16(10-25-14(2)27-6-4-3-5-7-27)17-11-31-20(18(17)21(29)30)26-19(28)15-8-23-12-24-9-15/h8-12H,2-7,22H2,1H3,(H,26,28)(H,29,30)/b16-13+,25-10?. The van der Waals surface area contributed by atoms with E-state index < -0.39 is 11.9 Å². The Bertz CT molecular complexity index is 1030. The zero-order valence-electron chi connectivity index (χ0n) is 17.2. The van der Waals surface area contributed by atoms with Gasteiger partial charge in [-0.05, 0) is 26.2 Å². The summed E-state index contributed by atoms with van der Waals surface area (Å²) in [5, 5.41) is 14.3. The van der Waals surface area contributed by atoms with Crippen molar-refractivity contribution >= 4 is 40.0 Å². The molecule has 31 heavy (non-hydrogen) atoms. The Morgan fingerprint density at radius 1 is 1.29 bits per heavy atom. The van der Waals surface area contributed by atoms with Crippen LogP contribution in [0.1, 0.15) is 52.5 Å². The van der Waals surface area contributed by atoms with Crippen molar-refractivity contribution in [3.05, 3.63) is 58.9 Å². The third-order valence-electron chi connectivity index (χ3n) is 4.83. The molecular weight excluding hydrogens is 416 g/mol. The molecule has 0 atom stereocenters. The molecule has 0 aromatic carbocycles. The number of rotatable bonds is 7. The number of carboxylic acid groups (broad SMARTS) is 1. The Kier molecular flexibility index (Phi) is 7.14. The molecular formula is C21H24N6O3S. The molecule has 0 radical (unpaired) electrons. The number of aromatic nitrogens is 2. The van der Waals surface area contributed by atoms with Gasteiger partial charge in [-0.2, -0.15) is 0 Å². The lowest BCUT2D eigenvalue weighted by Crippen LogP contribution is -2.27. The van der Waals surface area contributed by atoms with E-state index in [1.807, 2.05) is 0 Å². The van der Waals surface area contributed by atoms with Gasteiger partial charge in [-0.15, -0.1) is 11.3 Å². The van der Waals surface area contributed by atoms with Crippen LogP contribution in [0.4, 0.5) is 5.00 Å². The summed E-state index contributed by atoms with van der Waals surface area (Å²) >= 11 is 1.10. The van der Waals surface area contributed by atoms with Crippen molar-refractivity contribution in [1.82, 2.24) is 14.9 Å². The molecule has 0 unspecified atom stereocenters. The highest BCUT2D eigenvalue weighted by atomic mass is 32.1. The minimum atomic E-state index is -1.18. The number of nitrogens with one attached hydrogen (secondary N) is 1. The molecule has 162 valence electrons. The number of aliphatic imine (C=N–C) groups is 1. The third kappa shape index (κ3) is 5.34. The predicted molar refractivity (Wildman–Crippen MR) is 121 cm³/mol. The van der Waals surface area contributed by atoms with Crippen LogP contribution in [0.5, 0.6) is 0 Å². The number of likely N-dealkylation sites (tertiary alicyclic amines) is 1. The zero-order valence-corrected chi connectivity index (χ0v) is 18.0. The van der Waals surface area contributed by atoms with Crippen LogP contribution < -0.4 is 11.1 Å². The van der Waals surface area contributed by atoms with Crippen LogP contribution in [0, 0.1) is 0 Å². The zero-order chi connectivity index (χ0) is 22.4. The van der Waals surface area contributed by atoms with E-state index in [2.05, 4.69) is 31.8 Å². The van der Waals surface area contributed by atoms with Crippen LogP contribution in [-0.2, 0) is 0 Å². The summed E-state index contributed by atoms with van der Waals surface area (Å²) in [5.41, 5.74) is 7.48. The third-order valence-corrected chi connectivity index (χ3v) is 5.73. The molecule has 3 heterocycles. The van der Waals surface area contributed by atoms with Gasteiger partial charge in [0.25, 0.3) is 5.91 Å². The minimum absolute atomic E-state index is 0.0509. The smallest absolute Gasteiger partial charge is 0.339 e. The Morgan fingerprint density at radius 3 is 2.58 bits per heavy atom. The second-order valence-electron chi connectivity index (χ2n) is 7.06. The van der Waals surface area contributed by atoms with Gasteiger partial charge >= 0.3 is 5.97 Å². The molecule has 10 heteroatoms.